The Kier molecular flexibility index (Phi) is 5.01. The molecular formula is C17H23NO2S. The third-order valence-corrected chi connectivity index (χ3v) is 5.49. The molecule has 0 spiro atoms. The van der Waals surface area contributed by atoms with Crippen molar-refractivity contribution in [3.63, 3.8) is 0 Å². The van der Waals surface area contributed by atoms with Crippen molar-refractivity contribution >= 4 is 10.0 Å². The van der Waals surface area contributed by atoms with Gasteiger partial charge in [0.15, 0.2) is 0 Å². The molecular weight excluding hydrogens is 282 g/mol. The Morgan fingerprint density at radius 2 is 2.00 bits per heavy atom. The second kappa shape index (κ2) is 6.58. The van der Waals surface area contributed by atoms with E-state index in [1.807, 2.05) is 6.07 Å². The summed E-state index contributed by atoms with van der Waals surface area (Å²) in [7, 11) is -3.41. The van der Waals surface area contributed by atoms with E-state index in [-0.39, 0.29) is 5.92 Å². The van der Waals surface area contributed by atoms with E-state index in [1.54, 1.807) is 24.3 Å². The first-order valence-corrected chi connectivity index (χ1v) is 8.75. The lowest BCUT2D eigenvalue weighted by Gasteiger charge is -2.15. The molecule has 114 valence electrons. The number of benzene rings is 1. The number of rotatable bonds is 5. The van der Waals surface area contributed by atoms with E-state index < -0.39 is 10.0 Å². The lowest BCUT2D eigenvalue weighted by Crippen LogP contribution is -2.28. The summed E-state index contributed by atoms with van der Waals surface area (Å²) >= 11 is 0. The van der Waals surface area contributed by atoms with Gasteiger partial charge in [-0.15, -0.1) is 0 Å². The van der Waals surface area contributed by atoms with Crippen molar-refractivity contribution in [3.05, 3.63) is 54.6 Å². The summed E-state index contributed by atoms with van der Waals surface area (Å²) in [6.45, 7) is 9.27. The Morgan fingerprint density at radius 1 is 1.33 bits per heavy atom. The van der Waals surface area contributed by atoms with Crippen LogP contribution in [0.2, 0.25) is 0 Å². The molecule has 0 N–H and O–H groups in total. The molecule has 0 bridgehead atoms. The third-order valence-electron chi connectivity index (χ3n) is 3.66. The molecule has 1 heterocycles. The summed E-state index contributed by atoms with van der Waals surface area (Å²) in [4.78, 5) is 0.351. The fourth-order valence-corrected chi connectivity index (χ4v) is 3.89. The van der Waals surface area contributed by atoms with Crippen molar-refractivity contribution in [3.8, 4) is 0 Å². The lowest BCUT2D eigenvalue weighted by molar-refractivity contribution is 0.471. The Balaban J connectivity index is 2.10. The van der Waals surface area contributed by atoms with Crippen LogP contribution in [0.15, 0.2) is 59.5 Å². The Hall–Kier alpha value is -1.39. The molecule has 1 aliphatic rings. The maximum absolute atomic E-state index is 12.6. The van der Waals surface area contributed by atoms with Gasteiger partial charge in [-0.3, -0.25) is 0 Å². The first kappa shape index (κ1) is 16.0. The van der Waals surface area contributed by atoms with Crippen molar-refractivity contribution in [2.75, 3.05) is 13.1 Å². The third kappa shape index (κ3) is 3.83. The van der Waals surface area contributed by atoms with Crippen LogP contribution in [-0.2, 0) is 10.0 Å². The molecule has 1 aliphatic heterocycles. The molecule has 4 heteroatoms. The zero-order valence-electron chi connectivity index (χ0n) is 12.7. The number of hydrogen-bond donors (Lipinski definition) is 0. The van der Waals surface area contributed by atoms with Gasteiger partial charge >= 0.3 is 0 Å². The van der Waals surface area contributed by atoms with Gasteiger partial charge in [0.2, 0.25) is 10.0 Å². The summed E-state index contributed by atoms with van der Waals surface area (Å²) in [5.41, 5.74) is 0.967. The molecule has 0 radical (unpaired) electrons. The molecule has 1 aromatic rings. The molecule has 2 rings (SSSR count). The predicted molar refractivity (Wildman–Crippen MR) is 86.4 cm³/mol. The second-order valence-electron chi connectivity index (χ2n) is 5.93. The topological polar surface area (TPSA) is 37.4 Å². The Morgan fingerprint density at radius 3 is 2.62 bits per heavy atom. The van der Waals surface area contributed by atoms with Gasteiger partial charge in [0.05, 0.1) is 4.90 Å². The van der Waals surface area contributed by atoms with E-state index in [0.717, 1.165) is 12.0 Å². The monoisotopic (exact) mass is 305 g/mol. The van der Waals surface area contributed by atoms with Crippen LogP contribution in [-0.4, -0.2) is 25.8 Å². The molecule has 1 atom stereocenters. The van der Waals surface area contributed by atoms with Crippen molar-refractivity contribution in [2.45, 2.75) is 25.2 Å². The molecule has 1 fully saturated rings. The molecule has 0 amide bonds. The Labute approximate surface area is 128 Å². The summed E-state index contributed by atoms with van der Waals surface area (Å²) in [5, 5.41) is 0. The second-order valence-corrected chi connectivity index (χ2v) is 7.87. The van der Waals surface area contributed by atoms with Gasteiger partial charge in [0.25, 0.3) is 0 Å². The van der Waals surface area contributed by atoms with Crippen LogP contribution < -0.4 is 0 Å². The molecule has 1 saturated heterocycles. The zero-order chi connectivity index (χ0) is 15.5. The smallest absolute Gasteiger partial charge is 0.207 e. The minimum Gasteiger partial charge on any atom is -0.207 e. The minimum atomic E-state index is -3.41. The quantitative estimate of drug-likeness (QED) is 0.781. The van der Waals surface area contributed by atoms with Gasteiger partial charge < -0.3 is 0 Å². The number of nitrogens with zero attached hydrogens (tertiary/aromatic N) is 1. The van der Waals surface area contributed by atoms with Gasteiger partial charge in [0.1, 0.15) is 0 Å². The predicted octanol–water partition coefficient (Wildman–Crippen LogP) is 3.47. The van der Waals surface area contributed by atoms with Crippen molar-refractivity contribution in [1.82, 2.24) is 4.31 Å². The zero-order valence-corrected chi connectivity index (χ0v) is 13.5. The standard InChI is InChI=1S/C17H23NO2S/c1-14(2)8-7-9-16-13-18(12-15(16)3)21(19,20)17-10-5-4-6-11-17/h4-7,9-11,14,16H,3,8,12-13H2,1-2H3/b9-7+/t16-/m0/s1. The van der Waals surface area contributed by atoms with E-state index in [0.29, 0.717) is 23.9 Å². The summed E-state index contributed by atoms with van der Waals surface area (Å²) in [6, 6.07) is 8.59. The maximum atomic E-state index is 12.6. The maximum Gasteiger partial charge on any atom is 0.243 e. The largest absolute Gasteiger partial charge is 0.243 e. The van der Waals surface area contributed by atoms with Crippen molar-refractivity contribution in [2.24, 2.45) is 11.8 Å². The van der Waals surface area contributed by atoms with Crippen molar-refractivity contribution in [1.29, 1.82) is 0 Å². The van der Waals surface area contributed by atoms with Crippen LogP contribution in [0.25, 0.3) is 0 Å². The van der Waals surface area contributed by atoms with Crippen LogP contribution >= 0.6 is 0 Å². The highest BCUT2D eigenvalue weighted by molar-refractivity contribution is 7.89. The summed E-state index contributed by atoms with van der Waals surface area (Å²) in [6.07, 6.45) is 5.25. The van der Waals surface area contributed by atoms with Gasteiger partial charge in [0, 0.05) is 19.0 Å². The van der Waals surface area contributed by atoms with E-state index in [4.69, 9.17) is 0 Å². The molecule has 3 nitrogen and oxygen atoms in total. The molecule has 1 aromatic carbocycles. The SMILES string of the molecule is C=C1CN(S(=O)(=O)c2ccccc2)C[C@@H]1/C=C/CC(C)C. The number of hydrogen-bond acceptors (Lipinski definition) is 2. The number of sulfonamides is 1. The first-order valence-electron chi connectivity index (χ1n) is 7.31. The van der Waals surface area contributed by atoms with Gasteiger partial charge in [-0.1, -0.05) is 56.4 Å². The normalized spacial score (nSPS) is 20.7. The lowest BCUT2D eigenvalue weighted by atomic mass is 10.0. The fraction of sp³-hybridized carbons (Fsp3) is 0.412. The average Bonchev–Trinajstić information content (AvgIpc) is 2.82. The van der Waals surface area contributed by atoms with Crippen LogP contribution in [0.4, 0.5) is 0 Å². The van der Waals surface area contributed by atoms with Crippen LogP contribution in [0.3, 0.4) is 0 Å². The highest BCUT2D eigenvalue weighted by atomic mass is 32.2. The van der Waals surface area contributed by atoms with E-state index in [1.165, 1.54) is 4.31 Å². The van der Waals surface area contributed by atoms with Crippen LogP contribution in [0, 0.1) is 11.8 Å². The van der Waals surface area contributed by atoms with Gasteiger partial charge in [-0.2, -0.15) is 4.31 Å². The highest BCUT2D eigenvalue weighted by Crippen LogP contribution is 2.28. The molecule has 0 unspecified atom stereocenters. The van der Waals surface area contributed by atoms with E-state index >= 15 is 0 Å². The van der Waals surface area contributed by atoms with Crippen LogP contribution in [0.1, 0.15) is 20.3 Å². The highest BCUT2D eigenvalue weighted by Gasteiger charge is 2.33. The van der Waals surface area contributed by atoms with E-state index in [9.17, 15) is 8.42 Å². The summed E-state index contributed by atoms with van der Waals surface area (Å²) in [5.74, 6) is 0.738. The number of allylic oxidation sites excluding steroid dienone is 1. The molecule has 21 heavy (non-hydrogen) atoms. The van der Waals surface area contributed by atoms with E-state index in [2.05, 4.69) is 32.6 Å². The van der Waals surface area contributed by atoms with Crippen molar-refractivity contribution < 1.29 is 8.42 Å². The molecule has 0 aromatic heterocycles. The van der Waals surface area contributed by atoms with Crippen LogP contribution in [0.5, 0.6) is 0 Å². The van der Waals surface area contributed by atoms with Gasteiger partial charge in [-0.05, 0) is 24.5 Å². The minimum absolute atomic E-state index is 0.127. The molecule has 0 saturated carbocycles. The first-order chi connectivity index (χ1) is 9.91. The van der Waals surface area contributed by atoms with Gasteiger partial charge in [-0.25, -0.2) is 8.42 Å². The Bertz CT molecular complexity index is 617. The summed E-state index contributed by atoms with van der Waals surface area (Å²) < 4.78 is 26.7. The molecule has 0 aliphatic carbocycles. The fourth-order valence-electron chi connectivity index (χ4n) is 2.39. The average molecular weight is 305 g/mol.